The van der Waals surface area contributed by atoms with E-state index in [1.807, 2.05) is 0 Å². The van der Waals surface area contributed by atoms with Crippen molar-refractivity contribution in [2.45, 2.75) is 0 Å². The molecule has 0 aliphatic rings. The average Bonchev–Trinajstić information content (AvgIpc) is 2.85. The van der Waals surface area contributed by atoms with Crippen LogP contribution < -0.4 is 15.9 Å². The maximum absolute atomic E-state index is 14.4. The minimum absolute atomic E-state index is 1.79. The van der Waals surface area contributed by atoms with E-state index in [0.717, 1.165) is 0 Å². The van der Waals surface area contributed by atoms with Gasteiger partial charge < -0.3 is 0 Å². The molecule has 3 rings (SSSR count). The van der Waals surface area contributed by atoms with Gasteiger partial charge in [-0.3, -0.25) is 0 Å². The predicted molar refractivity (Wildman–Crippen MR) is 102 cm³/mol. The second kappa shape index (κ2) is 12.4. The Morgan fingerprint density at radius 2 is 0.395 bits per heavy atom. The van der Waals surface area contributed by atoms with Gasteiger partial charge in [-0.2, -0.15) is 0 Å². The van der Waals surface area contributed by atoms with Gasteiger partial charge in [-0.25, -0.2) is 65.9 Å². The van der Waals surface area contributed by atoms with Crippen molar-refractivity contribution in [2.75, 3.05) is 0 Å². The Morgan fingerprint density at radius 1 is 0.289 bits per heavy atom. The number of halogens is 18. The third-order valence-corrected chi connectivity index (χ3v) is 6.75. The van der Waals surface area contributed by atoms with Gasteiger partial charge in [0.15, 0.2) is 69.8 Å². The first-order valence-electron chi connectivity index (χ1n) is 8.35. The predicted octanol–water partition coefficient (Wildman–Crippen LogP) is 7.60. The summed E-state index contributed by atoms with van der Waals surface area (Å²) in [6, 6.07) is 0. The normalized spacial score (nSPS) is 11.6. The summed E-state index contributed by atoms with van der Waals surface area (Å²) in [6.45, 7) is 0. The van der Waals surface area contributed by atoms with Crippen LogP contribution in [0.4, 0.5) is 65.9 Å². The molecule has 0 amide bonds. The van der Waals surface area contributed by atoms with E-state index in [1.165, 1.54) is 0 Å². The molecule has 0 spiro atoms. The van der Waals surface area contributed by atoms with Gasteiger partial charge in [-0.05, 0) is 0 Å². The van der Waals surface area contributed by atoms with Crippen LogP contribution in [0.2, 0.25) is 0 Å². The molecule has 3 aromatic carbocycles. The monoisotopic (exact) mass is 834 g/mol. The van der Waals surface area contributed by atoms with Crippen LogP contribution in [-0.2, 0) is 15.2 Å². The van der Waals surface area contributed by atoms with E-state index in [9.17, 15) is 65.9 Å². The molecule has 0 saturated carbocycles. The molecule has 0 heterocycles. The molecule has 0 fully saturated rings. The fraction of sp³-hybridized carbons (Fsp3) is 0. The molecule has 0 aliphatic carbocycles. The van der Waals surface area contributed by atoms with Gasteiger partial charge in [0.05, 0.1) is 15.9 Å². The standard InChI is InChI=1S/C18F15P.Au.3ClH/c19-1-4(22)10(28)16(11(29)5(1)23)34(17-12(30)6(24)2(20)7(25)13(17)31)18-14(32)8(26)3(21)9(27)15(18)33;;;;/h;;3*1H/q;+3;;;/p-3. The Kier molecular flexibility index (Phi) is 10.8. The zero-order valence-corrected chi connectivity index (χ0v) is 21.9. The quantitative estimate of drug-likeness (QED) is 0.0840. The molecule has 0 radical (unpaired) electrons. The van der Waals surface area contributed by atoms with Crippen LogP contribution in [0.5, 0.6) is 0 Å². The van der Waals surface area contributed by atoms with Crippen molar-refractivity contribution in [3.05, 3.63) is 87.3 Å². The molecule has 214 valence electrons. The zero-order valence-electron chi connectivity index (χ0n) is 16.6. The third kappa shape index (κ3) is 5.74. The van der Waals surface area contributed by atoms with Gasteiger partial charge in [-0.1, -0.05) is 0 Å². The molecule has 0 bridgehead atoms. The molecule has 0 nitrogen and oxygen atoms in total. The van der Waals surface area contributed by atoms with Crippen molar-refractivity contribution in [1.82, 2.24) is 0 Å². The summed E-state index contributed by atoms with van der Waals surface area (Å²) >= 11 is -1.79. The molecule has 3 aromatic rings. The van der Waals surface area contributed by atoms with Crippen molar-refractivity contribution < 1.29 is 81.1 Å². The van der Waals surface area contributed by atoms with E-state index in [-0.39, 0.29) is 0 Å². The van der Waals surface area contributed by atoms with Gasteiger partial charge in [0.1, 0.15) is 0 Å². The Balaban J connectivity index is 0.00000118. The van der Waals surface area contributed by atoms with Crippen LogP contribution in [0.3, 0.4) is 0 Å². The Morgan fingerprint density at radius 3 is 0.526 bits per heavy atom. The molecule has 0 saturated heterocycles. The second-order valence-corrected chi connectivity index (χ2v) is 17.6. The summed E-state index contributed by atoms with van der Waals surface area (Å²) in [6.07, 6.45) is 0. The molecule has 0 aromatic heterocycles. The van der Waals surface area contributed by atoms with Crippen molar-refractivity contribution in [2.24, 2.45) is 0 Å². The first-order chi connectivity index (χ1) is 17.4. The van der Waals surface area contributed by atoms with E-state index < -0.39 is 126 Å². The van der Waals surface area contributed by atoms with Gasteiger partial charge in [0.2, 0.25) is 17.5 Å². The van der Waals surface area contributed by atoms with Crippen molar-refractivity contribution in [3.63, 3.8) is 0 Å². The van der Waals surface area contributed by atoms with Crippen LogP contribution in [0.1, 0.15) is 0 Å². The van der Waals surface area contributed by atoms with Crippen LogP contribution in [0.25, 0.3) is 0 Å². The number of rotatable bonds is 3. The van der Waals surface area contributed by atoms with E-state index in [2.05, 4.69) is 0 Å². The Bertz CT molecular complexity index is 1180. The molecule has 0 atom stereocenters. The van der Waals surface area contributed by atoms with Crippen LogP contribution in [0.15, 0.2) is 0 Å². The Hall–Kier alpha value is -1.35. The van der Waals surface area contributed by atoms with Gasteiger partial charge >= 0.3 is 42.8 Å². The SMILES string of the molecule is Fc1c(F)c(F)c(P(c2c(F)c(F)c(F)c(F)c2F)c2c(F)c(F)c(F)c(F)c2F)c(F)c1F.[Cl][Au]([Cl])[Cl]. The first kappa shape index (κ1) is 32.9. The summed E-state index contributed by atoms with van der Waals surface area (Å²) in [7, 11) is 9.97. The summed E-state index contributed by atoms with van der Waals surface area (Å²) < 4.78 is 209. The van der Waals surface area contributed by atoms with E-state index >= 15 is 0 Å². The van der Waals surface area contributed by atoms with Gasteiger partial charge in [0.25, 0.3) is 0 Å². The average molecular weight is 835 g/mol. The van der Waals surface area contributed by atoms with E-state index in [4.69, 9.17) is 27.6 Å². The van der Waals surface area contributed by atoms with Crippen LogP contribution in [-0.4, -0.2) is 0 Å². The van der Waals surface area contributed by atoms with Crippen molar-refractivity contribution in [1.29, 1.82) is 0 Å². The van der Waals surface area contributed by atoms with Crippen LogP contribution in [0, 0.1) is 87.3 Å². The fourth-order valence-corrected chi connectivity index (χ4v) is 5.14. The molecule has 20 heteroatoms. The third-order valence-electron chi connectivity index (χ3n) is 4.23. The number of hydrogen-bond acceptors (Lipinski definition) is 0. The molecular formula is C18AuCl3F15P. The Labute approximate surface area is 219 Å². The van der Waals surface area contributed by atoms with Gasteiger partial charge in [0, 0.05) is 7.92 Å². The molecule has 38 heavy (non-hydrogen) atoms. The van der Waals surface area contributed by atoms with Crippen molar-refractivity contribution >= 4 is 51.4 Å². The van der Waals surface area contributed by atoms with E-state index in [0.29, 0.717) is 0 Å². The fourth-order valence-electron chi connectivity index (χ4n) is 2.70. The zero-order chi connectivity index (χ0) is 29.5. The maximum atomic E-state index is 14.4. The number of benzene rings is 3. The molecule has 0 N–H and O–H groups in total. The molecule has 0 aliphatic heterocycles. The number of hydrogen-bond donors (Lipinski definition) is 0. The molecule has 0 unspecified atom stereocenters. The topological polar surface area (TPSA) is 0 Å². The van der Waals surface area contributed by atoms with E-state index in [1.54, 1.807) is 0 Å². The van der Waals surface area contributed by atoms with Crippen molar-refractivity contribution in [3.8, 4) is 0 Å². The van der Waals surface area contributed by atoms with Gasteiger partial charge in [-0.15, -0.1) is 0 Å². The summed E-state index contributed by atoms with van der Waals surface area (Å²) in [5.41, 5.74) is 0. The second-order valence-electron chi connectivity index (χ2n) is 6.22. The summed E-state index contributed by atoms with van der Waals surface area (Å²) in [5, 5.41) is -7.84. The van der Waals surface area contributed by atoms with Crippen LogP contribution >= 0.6 is 35.5 Å². The summed E-state index contributed by atoms with van der Waals surface area (Å²) in [4.78, 5) is 0. The molecular weight excluding hydrogens is 835 g/mol. The summed E-state index contributed by atoms with van der Waals surface area (Å²) in [5.74, 6) is -44.9. The first-order valence-corrected chi connectivity index (χ1v) is 17.7. The minimum atomic E-state index is -4.90.